The van der Waals surface area contributed by atoms with E-state index in [4.69, 9.17) is 16.0 Å². The normalized spacial score (nSPS) is 12.0. The lowest BCUT2D eigenvalue weighted by Crippen LogP contribution is -2.26. The summed E-state index contributed by atoms with van der Waals surface area (Å²) < 4.78 is 33.0. The van der Waals surface area contributed by atoms with Crippen molar-refractivity contribution in [2.75, 3.05) is 0 Å². The molecule has 3 aromatic rings. The Kier molecular flexibility index (Phi) is 5.86. The molecule has 0 spiro atoms. The third-order valence-corrected chi connectivity index (χ3v) is 4.33. The highest BCUT2D eigenvalue weighted by atomic mass is 35.5. The van der Waals surface area contributed by atoms with Gasteiger partial charge in [0.15, 0.2) is 11.7 Å². The van der Waals surface area contributed by atoms with Crippen LogP contribution in [0.25, 0.3) is 11.3 Å². The molecular weight excluding hydrogens is 374 g/mol. The summed E-state index contributed by atoms with van der Waals surface area (Å²) in [7, 11) is 0. The topological polar surface area (TPSA) is 55.1 Å². The van der Waals surface area contributed by atoms with Crippen molar-refractivity contribution < 1.29 is 18.0 Å². The largest absolute Gasteiger partial charge is 0.441 e. The number of hydrogen-bond acceptors (Lipinski definition) is 3. The molecule has 0 saturated carbocycles. The van der Waals surface area contributed by atoms with Crippen molar-refractivity contribution in [1.82, 2.24) is 10.3 Å². The summed E-state index contributed by atoms with van der Waals surface area (Å²) in [5.74, 6) is -1.41. The van der Waals surface area contributed by atoms with Gasteiger partial charge in [-0.1, -0.05) is 29.8 Å². The highest BCUT2D eigenvalue weighted by Crippen LogP contribution is 2.26. The van der Waals surface area contributed by atoms with Crippen LogP contribution in [0.15, 0.2) is 53.1 Å². The number of aryl methyl sites for hydroxylation is 1. The molecule has 0 aliphatic carbocycles. The quantitative estimate of drug-likeness (QED) is 0.638. The molecule has 1 N–H and O–H groups in total. The van der Waals surface area contributed by atoms with Gasteiger partial charge in [-0.05, 0) is 36.8 Å². The summed E-state index contributed by atoms with van der Waals surface area (Å²) in [5.41, 5.74) is 0.665. The average Bonchev–Trinajstić information content (AvgIpc) is 3.09. The number of hydrogen-bond donors (Lipinski definition) is 1. The number of rotatable bonds is 6. The SMILES string of the molecule is CC(NC(=O)CCc1ncc(-c2c(F)cccc2F)o1)c1ccc(Cl)cc1. The van der Waals surface area contributed by atoms with E-state index in [0.717, 1.165) is 17.7 Å². The third-order valence-electron chi connectivity index (χ3n) is 4.08. The Balaban J connectivity index is 1.58. The average molecular weight is 391 g/mol. The lowest BCUT2D eigenvalue weighted by atomic mass is 10.1. The second-order valence-electron chi connectivity index (χ2n) is 6.06. The summed E-state index contributed by atoms with van der Waals surface area (Å²) in [5, 5.41) is 3.50. The number of halogens is 3. The van der Waals surface area contributed by atoms with E-state index in [-0.39, 0.29) is 42.0 Å². The Labute approximate surface area is 160 Å². The maximum atomic E-state index is 13.8. The molecule has 1 heterocycles. The van der Waals surface area contributed by atoms with Crippen molar-refractivity contribution in [3.8, 4) is 11.3 Å². The summed E-state index contributed by atoms with van der Waals surface area (Å²) in [6.07, 6.45) is 1.61. The maximum absolute atomic E-state index is 13.8. The molecule has 0 bridgehead atoms. The second-order valence-corrected chi connectivity index (χ2v) is 6.49. The Morgan fingerprint density at radius 1 is 1.19 bits per heavy atom. The Hall–Kier alpha value is -2.73. The smallest absolute Gasteiger partial charge is 0.220 e. The van der Waals surface area contributed by atoms with Crippen LogP contribution >= 0.6 is 11.6 Å². The lowest BCUT2D eigenvalue weighted by Gasteiger charge is -2.14. The van der Waals surface area contributed by atoms with Crippen LogP contribution in [0.5, 0.6) is 0 Å². The van der Waals surface area contributed by atoms with E-state index < -0.39 is 11.6 Å². The lowest BCUT2D eigenvalue weighted by molar-refractivity contribution is -0.121. The van der Waals surface area contributed by atoms with Crippen molar-refractivity contribution >= 4 is 17.5 Å². The first-order chi connectivity index (χ1) is 12.9. The first-order valence-electron chi connectivity index (χ1n) is 8.38. The summed E-state index contributed by atoms with van der Waals surface area (Å²) in [4.78, 5) is 16.1. The molecule has 1 aromatic heterocycles. The van der Waals surface area contributed by atoms with Crippen molar-refractivity contribution in [2.45, 2.75) is 25.8 Å². The van der Waals surface area contributed by atoms with Gasteiger partial charge in [-0.25, -0.2) is 13.8 Å². The first-order valence-corrected chi connectivity index (χ1v) is 8.75. The Morgan fingerprint density at radius 3 is 2.52 bits per heavy atom. The van der Waals surface area contributed by atoms with E-state index in [1.165, 1.54) is 12.3 Å². The third kappa shape index (κ3) is 4.71. The predicted octanol–water partition coefficient (Wildman–Crippen LogP) is 5.08. The van der Waals surface area contributed by atoms with E-state index in [0.29, 0.717) is 5.02 Å². The minimum absolute atomic E-state index is 0.00413. The van der Waals surface area contributed by atoms with Gasteiger partial charge in [0.2, 0.25) is 5.91 Å². The fourth-order valence-electron chi connectivity index (χ4n) is 2.64. The highest BCUT2D eigenvalue weighted by Gasteiger charge is 2.17. The van der Waals surface area contributed by atoms with Crippen LogP contribution in [0.4, 0.5) is 8.78 Å². The van der Waals surface area contributed by atoms with Gasteiger partial charge in [0.05, 0.1) is 17.8 Å². The molecular formula is C20H17ClF2N2O2. The molecule has 0 aliphatic heterocycles. The number of nitrogens with one attached hydrogen (secondary N) is 1. The Morgan fingerprint density at radius 2 is 1.85 bits per heavy atom. The number of amides is 1. The van der Waals surface area contributed by atoms with E-state index in [2.05, 4.69) is 10.3 Å². The second kappa shape index (κ2) is 8.31. The number of nitrogens with zero attached hydrogens (tertiary/aromatic N) is 1. The van der Waals surface area contributed by atoms with E-state index in [1.807, 2.05) is 19.1 Å². The van der Waals surface area contributed by atoms with Crippen molar-refractivity contribution in [3.05, 3.63) is 76.8 Å². The zero-order chi connectivity index (χ0) is 19.4. The molecule has 4 nitrogen and oxygen atoms in total. The molecule has 1 atom stereocenters. The standard InChI is InChI=1S/C20H17ClF2N2O2/c1-12(13-5-7-14(21)8-6-13)25-18(26)9-10-19-24-11-17(27-19)20-15(22)3-2-4-16(20)23/h2-8,11-12H,9-10H2,1H3,(H,25,26). The van der Waals surface area contributed by atoms with Crippen LogP contribution in [0.1, 0.15) is 30.8 Å². The highest BCUT2D eigenvalue weighted by molar-refractivity contribution is 6.30. The molecule has 3 rings (SSSR count). The van der Waals surface area contributed by atoms with Gasteiger partial charge >= 0.3 is 0 Å². The maximum Gasteiger partial charge on any atom is 0.220 e. The van der Waals surface area contributed by atoms with Crippen LogP contribution < -0.4 is 5.32 Å². The molecule has 7 heteroatoms. The van der Waals surface area contributed by atoms with E-state index in [9.17, 15) is 13.6 Å². The predicted molar refractivity (Wildman–Crippen MR) is 98.2 cm³/mol. The fourth-order valence-corrected chi connectivity index (χ4v) is 2.77. The van der Waals surface area contributed by atoms with E-state index >= 15 is 0 Å². The minimum atomic E-state index is -0.729. The van der Waals surface area contributed by atoms with Crippen LogP contribution in [0.2, 0.25) is 5.02 Å². The first kappa shape index (κ1) is 19.0. The summed E-state index contributed by atoms with van der Waals surface area (Å²) in [6.45, 7) is 1.87. The molecule has 0 aliphatic rings. The molecule has 27 heavy (non-hydrogen) atoms. The van der Waals surface area contributed by atoms with Gasteiger partial charge in [-0.3, -0.25) is 4.79 Å². The Bertz CT molecular complexity index is 921. The van der Waals surface area contributed by atoms with Gasteiger partial charge in [-0.2, -0.15) is 0 Å². The van der Waals surface area contributed by atoms with Crippen LogP contribution in [0.3, 0.4) is 0 Å². The monoisotopic (exact) mass is 390 g/mol. The zero-order valence-corrected chi connectivity index (χ0v) is 15.3. The van der Waals surface area contributed by atoms with Crippen molar-refractivity contribution in [3.63, 3.8) is 0 Å². The van der Waals surface area contributed by atoms with Crippen LogP contribution in [0, 0.1) is 11.6 Å². The van der Waals surface area contributed by atoms with E-state index in [1.54, 1.807) is 12.1 Å². The fraction of sp³-hybridized carbons (Fsp3) is 0.200. The molecule has 140 valence electrons. The van der Waals surface area contributed by atoms with Gasteiger partial charge in [0.25, 0.3) is 0 Å². The van der Waals surface area contributed by atoms with Crippen molar-refractivity contribution in [1.29, 1.82) is 0 Å². The molecule has 2 aromatic carbocycles. The number of benzene rings is 2. The summed E-state index contributed by atoms with van der Waals surface area (Å²) >= 11 is 5.85. The van der Waals surface area contributed by atoms with Crippen LogP contribution in [-0.4, -0.2) is 10.9 Å². The number of oxazole rings is 1. The molecule has 0 saturated heterocycles. The number of carbonyl (C=O) groups excluding carboxylic acids is 1. The van der Waals surface area contributed by atoms with Crippen LogP contribution in [-0.2, 0) is 11.2 Å². The molecule has 0 fully saturated rings. The summed E-state index contributed by atoms with van der Waals surface area (Å²) in [6, 6.07) is 10.6. The van der Waals surface area contributed by atoms with Gasteiger partial charge in [-0.15, -0.1) is 0 Å². The number of aromatic nitrogens is 1. The molecule has 1 amide bonds. The number of carbonyl (C=O) groups is 1. The molecule has 1 unspecified atom stereocenters. The van der Waals surface area contributed by atoms with Gasteiger partial charge < -0.3 is 9.73 Å². The minimum Gasteiger partial charge on any atom is -0.441 e. The van der Waals surface area contributed by atoms with Gasteiger partial charge in [0.1, 0.15) is 11.6 Å². The molecule has 0 radical (unpaired) electrons. The zero-order valence-electron chi connectivity index (χ0n) is 14.5. The van der Waals surface area contributed by atoms with Crippen molar-refractivity contribution in [2.24, 2.45) is 0 Å². The van der Waals surface area contributed by atoms with Gasteiger partial charge in [0, 0.05) is 17.9 Å².